The molecule has 0 amide bonds. The first kappa shape index (κ1) is 11.7. The Balaban J connectivity index is 2.16. The first-order valence-electron chi connectivity index (χ1n) is 5.59. The number of benzene rings is 1. The molecule has 1 aromatic carbocycles. The Morgan fingerprint density at radius 2 is 2.24 bits per heavy atom. The van der Waals surface area contributed by atoms with Crippen LogP contribution in [0.15, 0.2) is 24.3 Å². The zero-order valence-corrected chi connectivity index (χ0v) is 10.0. The molecule has 0 spiro atoms. The van der Waals surface area contributed by atoms with E-state index in [4.69, 9.17) is 0 Å². The van der Waals surface area contributed by atoms with E-state index in [0.717, 1.165) is 5.56 Å². The molecule has 5 heteroatoms. The Kier molecular flexibility index (Phi) is 3.49. The predicted molar refractivity (Wildman–Crippen MR) is 63.5 cm³/mol. The van der Waals surface area contributed by atoms with Gasteiger partial charge in [-0.15, -0.1) is 10.2 Å². The highest BCUT2D eigenvalue weighted by atomic mass is 16.3. The molecule has 90 valence electrons. The van der Waals surface area contributed by atoms with Crippen LogP contribution < -0.4 is 0 Å². The van der Waals surface area contributed by atoms with Gasteiger partial charge in [-0.05, 0) is 17.7 Å². The van der Waals surface area contributed by atoms with Crippen molar-refractivity contribution in [3.8, 4) is 0 Å². The van der Waals surface area contributed by atoms with Crippen molar-refractivity contribution in [2.75, 3.05) is 6.61 Å². The van der Waals surface area contributed by atoms with E-state index < -0.39 is 0 Å². The van der Waals surface area contributed by atoms with Crippen LogP contribution in [0.4, 0.5) is 0 Å². The number of aromatic nitrogens is 4. The summed E-state index contributed by atoms with van der Waals surface area (Å²) in [5, 5.41) is 21.3. The molecule has 0 aliphatic rings. The summed E-state index contributed by atoms with van der Waals surface area (Å²) in [7, 11) is 1.73. The van der Waals surface area contributed by atoms with Crippen LogP contribution in [0, 0.1) is 6.92 Å². The van der Waals surface area contributed by atoms with Crippen LogP contribution in [0.1, 0.15) is 22.9 Å². The second kappa shape index (κ2) is 5.05. The molecule has 1 heterocycles. The van der Waals surface area contributed by atoms with Gasteiger partial charge in [-0.3, -0.25) is 0 Å². The topological polar surface area (TPSA) is 63.8 Å². The molecular formula is C12H16N4O. The Morgan fingerprint density at radius 1 is 1.41 bits per heavy atom. The fourth-order valence-corrected chi connectivity index (χ4v) is 1.84. The number of nitrogens with zero attached hydrogens (tertiary/aromatic N) is 4. The van der Waals surface area contributed by atoms with Crippen molar-refractivity contribution in [2.24, 2.45) is 7.05 Å². The first-order valence-corrected chi connectivity index (χ1v) is 5.59. The molecule has 17 heavy (non-hydrogen) atoms. The summed E-state index contributed by atoms with van der Waals surface area (Å²) in [4.78, 5) is 1.43. The Hall–Kier alpha value is -1.75. The average molecular weight is 232 g/mol. The summed E-state index contributed by atoms with van der Waals surface area (Å²) < 4.78 is 0. The molecule has 1 unspecified atom stereocenters. The van der Waals surface area contributed by atoms with Crippen LogP contribution in [-0.2, 0) is 13.5 Å². The van der Waals surface area contributed by atoms with Crippen molar-refractivity contribution in [2.45, 2.75) is 19.3 Å². The Bertz CT molecular complexity index is 495. The van der Waals surface area contributed by atoms with Gasteiger partial charge in [0.15, 0.2) is 5.82 Å². The van der Waals surface area contributed by atoms with Gasteiger partial charge >= 0.3 is 0 Å². The molecule has 0 bridgehead atoms. The highest BCUT2D eigenvalue weighted by Gasteiger charge is 2.14. The SMILES string of the molecule is Cc1cccc(C(CO)Cc2nnn(C)n2)c1. The molecule has 5 nitrogen and oxygen atoms in total. The van der Waals surface area contributed by atoms with Gasteiger partial charge in [0.05, 0.1) is 13.7 Å². The quantitative estimate of drug-likeness (QED) is 0.848. The van der Waals surface area contributed by atoms with E-state index in [1.165, 1.54) is 10.4 Å². The zero-order valence-electron chi connectivity index (χ0n) is 10.0. The molecule has 0 aliphatic heterocycles. The molecule has 0 saturated heterocycles. The molecule has 1 atom stereocenters. The number of rotatable bonds is 4. The van der Waals surface area contributed by atoms with E-state index in [1.807, 2.05) is 25.1 Å². The van der Waals surface area contributed by atoms with Crippen molar-refractivity contribution in [3.05, 3.63) is 41.2 Å². The number of hydrogen-bond donors (Lipinski definition) is 1. The number of tetrazole rings is 1. The second-order valence-corrected chi connectivity index (χ2v) is 4.19. The summed E-state index contributed by atoms with van der Waals surface area (Å²) in [5.41, 5.74) is 2.30. The van der Waals surface area contributed by atoms with Gasteiger partial charge in [-0.25, -0.2) is 0 Å². The molecule has 0 saturated carbocycles. The van der Waals surface area contributed by atoms with Crippen LogP contribution in [0.3, 0.4) is 0 Å². The van der Waals surface area contributed by atoms with Gasteiger partial charge in [0, 0.05) is 12.3 Å². The number of hydrogen-bond acceptors (Lipinski definition) is 4. The van der Waals surface area contributed by atoms with E-state index in [9.17, 15) is 5.11 Å². The van der Waals surface area contributed by atoms with Crippen molar-refractivity contribution in [3.63, 3.8) is 0 Å². The Morgan fingerprint density at radius 3 is 2.82 bits per heavy atom. The lowest BCUT2D eigenvalue weighted by atomic mass is 9.95. The van der Waals surface area contributed by atoms with Crippen molar-refractivity contribution in [1.29, 1.82) is 0 Å². The van der Waals surface area contributed by atoms with Crippen LogP contribution in [-0.4, -0.2) is 31.9 Å². The smallest absolute Gasteiger partial charge is 0.175 e. The standard InChI is InChI=1S/C12H16N4O/c1-9-4-3-5-10(6-9)11(8-17)7-12-13-15-16(2)14-12/h3-6,11,17H,7-8H2,1-2H3. The summed E-state index contributed by atoms with van der Waals surface area (Å²) in [6, 6.07) is 8.14. The lowest BCUT2D eigenvalue weighted by Crippen LogP contribution is -2.09. The third-order valence-corrected chi connectivity index (χ3v) is 2.71. The lowest BCUT2D eigenvalue weighted by Gasteiger charge is -2.12. The van der Waals surface area contributed by atoms with Gasteiger partial charge in [-0.1, -0.05) is 29.8 Å². The van der Waals surface area contributed by atoms with Crippen molar-refractivity contribution >= 4 is 0 Å². The van der Waals surface area contributed by atoms with Crippen LogP contribution in [0.5, 0.6) is 0 Å². The fourth-order valence-electron chi connectivity index (χ4n) is 1.84. The molecule has 0 fully saturated rings. The van der Waals surface area contributed by atoms with Gasteiger partial charge in [-0.2, -0.15) is 4.80 Å². The summed E-state index contributed by atoms with van der Waals surface area (Å²) in [5.74, 6) is 0.687. The van der Waals surface area contributed by atoms with E-state index in [-0.39, 0.29) is 12.5 Å². The predicted octanol–water partition coefficient (Wildman–Crippen LogP) is 0.837. The summed E-state index contributed by atoms with van der Waals surface area (Å²) in [6.45, 7) is 2.13. The van der Waals surface area contributed by atoms with Crippen LogP contribution >= 0.6 is 0 Å². The van der Waals surface area contributed by atoms with E-state index in [0.29, 0.717) is 12.2 Å². The molecule has 2 aromatic rings. The maximum Gasteiger partial charge on any atom is 0.175 e. The minimum Gasteiger partial charge on any atom is -0.396 e. The summed E-state index contributed by atoms with van der Waals surface area (Å²) >= 11 is 0. The van der Waals surface area contributed by atoms with E-state index in [1.54, 1.807) is 7.05 Å². The van der Waals surface area contributed by atoms with Crippen molar-refractivity contribution in [1.82, 2.24) is 20.2 Å². The minimum atomic E-state index is 0.0269. The third-order valence-electron chi connectivity index (χ3n) is 2.71. The van der Waals surface area contributed by atoms with Gasteiger partial charge in [0.1, 0.15) is 0 Å². The molecule has 0 aliphatic carbocycles. The minimum absolute atomic E-state index is 0.0269. The number of aliphatic hydroxyl groups excluding tert-OH is 1. The molecule has 2 rings (SSSR count). The molecular weight excluding hydrogens is 216 g/mol. The van der Waals surface area contributed by atoms with E-state index in [2.05, 4.69) is 21.5 Å². The van der Waals surface area contributed by atoms with Gasteiger partial charge < -0.3 is 5.11 Å². The van der Waals surface area contributed by atoms with E-state index >= 15 is 0 Å². The van der Waals surface area contributed by atoms with Gasteiger partial charge in [0.2, 0.25) is 0 Å². The zero-order chi connectivity index (χ0) is 12.3. The van der Waals surface area contributed by atoms with Gasteiger partial charge in [0.25, 0.3) is 0 Å². The lowest BCUT2D eigenvalue weighted by molar-refractivity contribution is 0.263. The normalized spacial score (nSPS) is 12.6. The highest BCUT2D eigenvalue weighted by Crippen LogP contribution is 2.19. The largest absolute Gasteiger partial charge is 0.396 e. The Labute approximate surface area is 100 Å². The summed E-state index contributed by atoms with van der Waals surface area (Å²) in [6.07, 6.45) is 0.605. The molecule has 1 N–H and O–H groups in total. The number of aryl methyl sites for hydroxylation is 2. The maximum absolute atomic E-state index is 9.46. The average Bonchev–Trinajstić information content (AvgIpc) is 2.72. The maximum atomic E-state index is 9.46. The van der Waals surface area contributed by atoms with Crippen LogP contribution in [0.2, 0.25) is 0 Å². The third kappa shape index (κ3) is 2.88. The first-order chi connectivity index (χ1) is 8.19. The highest BCUT2D eigenvalue weighted by molar-refractivity contribution is 5.26. The monoisotopic (exact) mass is 232 g/mol. The molecule has 0 radical (unpaired) electrons. The fraction of sp³-hybridized carbons (Fsp3) is 0.417. The number of aliphatic hydroxyl groups is 1. The van der Waals surface area contributed by atoms with Crippen molar-refractivity contribution < 1.29 is 5.11 Å². The van der Waals surface area contributed by atoms with Crippen LogP contribution in [0.25, 0.3) is 0 Å². The second-order valence-electron chi connectivity index (χ2n) is 4.19. The molecule has 1 aromatic heterocycles.